The van der Waals surface area contributed by atoms with Crippen molar-refractivity contribution in [1.82, 2.24) is 25.2 Å². The maximum absolute atomic E-state index is 13.0. The van der Waals surface area contributed by atoms with Gasteiger partial charge in [-0.3, -0.25) is 4.79 Å². The molecule has 0 saturated carbocycles. The lowest BCUT2D eigenvalue weighted by molar-refractivity contribution is 0.0563. The van der Waals surface area contributed by atoms with E-state index in [2.05, 4.69) is 15.3 Å². The van der Waals surface area contributed by atoms with Crippen LogP contribution in [-0.2, 0) is 0 Å². The van der Waals surface area contributed by atoms with Crippen LogP contribution in [-0.4, -0.2) is 37.6 Å². The lowest BCUT2D eigenvalue weighted by Gasteiger charge is -2.34. The fraction of sp³-hybridized carbons (Fsp3) is 0.450. The van der Waals surface area contributed by atoms with Crippen molar-refractivity contribution in [2.75, 3.05) is 6.54 Å². The summed E-state index contributed by atoms with van der Waals surface area (Å²) < 4.78 is 10.5. The molecule has 0 radical (unpaired) electrons. The van der Waals surface area contributed by atoms with Crippen LogP contribution in [0.25, 0.3) is 11.4 Å². The van der Waals surface area contributed by atoms with Crippen LogP contribution >= 0.6 is 0 Å². The molecule has 28 heavy (non-hydrogen) atoms. The Balaban J connectivity index is 1.73. The van der Waals surface area contributed by atoms with Gasteiger partial charge in [0.2, 0.25) is 5.76 Å². The minimum atomic E-state index is -0.152. The SMILES string of the molecule is Cc1cc(C(=O)N2CCCCC2c2cc(C)nc(-c3c(C)noc3C)n2)on1. The summed E-state index contributed by atoms with van der Waals surface area (Å²) >= 11 is 0. The quantitative estimate of drug-likeness (QED) is 0.682. The Kier molecular flexibility index (Phi) is 4.70. The third-order valence-corrected chi connectivity index (χ3v) is 5.07. The fourth-order valence-corrected chi connectivity index (χ4v) is 3.77. The third-order valence-electron chi connectivity index (χ3n) is 5.07. The highest BCUT2D eigenvalue weighted by Crippen LogP contribution is 2.33. The second-order valence-corrected chi connectivity index (χ2v) is 7.30. The van der Waals surface area contributed by atoms with E-state index in [9.17, 15) is 4.79 Å². The first-order chi connectivity index (χ1) is 13.4. The van der Waals surface area contributed by atoms with Gasteiger partial charge in [-0.25, -0.2) is 9.97 Å². The third kappa shape index (κ3) is 3.30. The maximum Gasteiger partial charge on any atom is 0.293 e. The van der Waals surface area contributed by atoms with Gasteiger partial charge >= 0.3 is 0 Å². The predicted octanol–water partition coefficient (Wildman–Crippen LogP) is 3.72. The van der Waals surface area contributed by atoms with Crippen molar-refractivity contribution in [3.63, 3.8) is 0 Å². The van der Waals surface area contributed by atoms with Gasteiger partial charge in [0, 0.05) is 18.3 Å². The molecule has 1 aliphatic heterocycles. The number of hydrogen-bond donors (Lipinski definition) is 0. The van der Waals surface area contributed by atoms with Gasteiger partial charge < -0.3 is 13.9 Å². The van der Waals surface area contributed by atoms with Crippen molar-refractivity contribution in [1.29, 1.82) is 0 Å². The summed E-state index contributed by atoms with van der Waals surface area (Å²) in [6.07, 6.45) is 2.83. The fourth-order valence-electron chi connectivity index (χ4n) is 3.77. The molecule has 8 heteroatoms. The lowest BCUT2D eigenvalue weighted by atomic mass is 9.98. The van der Waals surface area contributed by atoms with Crippen LogP contribution in [0.1, 0.15) is 64.4 Å². The van der Waals surface area contributed by atoms with Gasteiger partial charge in [0.05, 0.1) is 28.7 Å². The zero-order chi connectivity index (χ0) is 19.8. The Hall–Kier alpha value is -3.03. The average molecular weight is 381 g/mol. The molecular weight excluding hydrogens is 358 g/mol. The van der Waals surface area contributed by atoms with Crippen LogP contribution in [0.5, 0.6) is 0 Å². The van der Waals surface area contributed by atoms with Gasteiger partial charge in [0.15, 0.2) is 5.82 Å². The minimum Gasteiger partial charge on any atom is -0.361 e. The van der Waals surface area contributed by atoms with Crippen molar-refractivity contribution in [3.8, 4) is 11.4 Å². The number of carbonyl (C=O) groups excluding carboxylic acids is 1. The number of rotatable bonds is 3. The van der Waals surface area contributed by atoms with E-state index >= 15 is 0 Å². The Morgan fingerprint density at radius 1 is 1.04 bits per heavy atom. The molecule has 3 aromatic heterocycles. The summed E-state index contributed by atoms with van der Waals surface area (Å²) in [5.41, 5.74) is 3.92. The summed E-state index contributed by atoms with van der Waals surface area (Å²) in [5, 5.41) is 7.86. The molecule has 146 valence electrons. The number of piperidine rings is 1. The second kappa shape index (κ2) is 7.18. The first-order valence-corrected chi connectivity index (χ1v) is 9.47. The van der Waals surface area contributed by atoms with Crippen molar-refractivity contribution < 1.29 is 13.8 Å². The zero-order valence-corrected chi connectivity index (χ0v) is 16.5. The number of hydrogen-bond acceptors (Lipinski definition) is 7. The van der Waals surface area contributed by atoms with E-state index in [1.54, 1.807) is 13.0 Å². The topological polar surface area (TPSA) is 98.2 Å². The van der Waals surface area contributed by atoms with E-state index in [0.717, 1.165) is 41.9 Å². The van der Waals surface area contributed by atoms with Gasteiger partial charge in [0.25, 0.3) is 5.91 Å². The normalized spacial score (nSPS) is 17.1. The molecule has 1 unspecified atom stereocenters. The smallest absolute Gasteiger partial charge is 0.293 e. The minimum absolute atomic E-state index is 0.132. The molecule has 0 aromatic carbocycles. The first kappa shape index (κ1) is 18.3. The lowest BCUT2D eigenvalue weighted by Crippen LogP contribution is -2.38. The Bertz CT molecular complexity index is 1000. The number of aromatic nitrogens is 4. The summed E-state index contributed by atoms with van der Waals surface area (Å²) in [6, 6.07) is 3.49. The molecule has 3 aromatic rings. The zero-order valence-electron chi connectivity index (χ0n) is 16.5. The monoisotopic (exact) mass is 381 g/mol. The first-order valence-electron chi connectivity index (χ1n) is 9.47. The molecule has 8 nitrogen and oxygen atoms in total. The Labute approximate surface area is 162 Å². The molecule has 1 fully saturated rings. The Morgan fingerprint density at radius 3 is 2.54 bits per heavy atom. The Morgan fingerprint density at radius 2 is 1.86 bits per heavy atom. The van der Waals surface area contributed by atoms with E-state index in [1.165, 1.54) is 0 Å². The van der Waals surface area contributed by atoms with E-state index in [4.69, 9.17) is 14.0 Å². The van der Waals surface area contributed by atoms with Crippen LogP contribution in [0.4, 0.5) is 0 Å². The average Bonchev–Trinajstić information content (AvgIpc) is 3.26. The summed E-state index contributed by atoms with van der Waals surface area (Å²) in [5.74, 6) is 1.38. The second-order valence-electron chi connectivity index (χ2n) is 7.30. The number of amides is 1. The molecule has 1 amide bonds. The highest BCUT2D eigenvalue weighted by Gasteiger charge is 2.32. The van der Waals surface area contributed by atoms with E-state index < -0.39 is 0 Å². The van der Waals surface area contributed by atoms with E-state index in [0.29, 0.717) is 23.8 Å². The summed E-state index contributed by atoms with van der Waals surface area (Å²) in [6.45, 7) is 8.12. The standard InChI is InChI=1S/C20H23N5O3/c1-11-9-15(22-19(21-11)18-13(3)24-27-14(18)4)16-7-5-6-8-25(16)20(26)17-10-12(2)23-28-17/h9-10,16H,5-8H2,1-4H3. The van der Waals surface area contributed by atoms with E-state index in [-0.39, 0.29) is 17.7 Å². The molecular formula is C20H23N5O3. The number of aryl methyl sites for hydroxylation is 4. The van der Waals surface area contributed by atoms with Gasteiger partial charge in [-0.05, 0) is 53.0 Å². The number of likely N-dealkylation sites (tertiary alicyclic amines) is 1. The van der Waals surface area contributed by atoms with Gasteiger partial charge in [-0.2, -0.15) is 0 Å². The predicted molar refractivity (Wildman–Crippen MR) is 101 cm³/mol. The van der Waals surface area contributed by atoms with E-state index in [1.807, 2.05) is 31.7 Å². The highest BCUT2D eigenvalue weighted by molar-refractivity contribution is 5.91. The largest absolute Gasteiger partial charge is 0.361 e. The van der Waals surface area contributed by atoms with Gasteiger partial charge in [-0.1, -0.05) is 10.3 Å². The number of nitrogens with zero attached hydrogens (tertiary/aromatic N) is 5. The van der Waals surface area contributed by atoms with Crippen molar-refractivity contribution in [2.45, 2.75) is 53.0 Å². The molecule has 0 bridgehead atoms. The molecule has 0 spiro atoms. The molecule has 0 N–H and O–H groups in total. The van der Waals surface area contributed by atoms with Crippen LogP contribution < -0.4 is 0 Å². The van der Waals surface area contributed by atoms with Crippen LogP contribution in [0.15, 0.2) is 21.2 Å². The van der Waals surface area contributed by atoms with Crippen molar-refractivity contribution in [3.05, 3.63) is 46.4 Å². The molecule has 4 rings (SSSR count). The summed E-state index contributed by atoms with van der Waals surface area (Å²) in [7, 11) is 0. The van der Waals surface area contributed by atoms with Crippen LogP contribution in [0.2, 0.25) is 0 Å². The molecule has 1 saturated heterocycles. The van der Waals surface area contributed by atoms with Crippen LogP contribution in [0.3, 0.4) is 0 Å². The maximum atomic E-state index is 13.0. The molecule has 1 atom stereocenters. The number of carbonyl (C=O) groups is 1. The van der Waals surface area contributed by atoms with Crippen molar-refractivity contribution in [2.24, 2.45) is 0 Å². The van der Waals surface area contributed by atoms with Crippen molar-refractivity contribution >= 4 is 5.91 Å². The van der Waals surface area contributed by atoms with Gasteiger partial charge in [0.1, 0.15) is 5.76 Å². The highest BCUT2D eigenvalue weighted by atomic mass is 16.5. The summed E-state index contributed by atoms with van der Waals surface area (Å²) in [4.78, 5) is 24.2. The molecule has 4 heterocycles. The molecule has 0 aliphatic carbocycles. The molecule has 1 aliphatic rings. The van der Waals surface area contributed by atoms with Gasteiger partial charge in [-0.15, -0.1) is 0 Å². The van der Waals surface area contributed by atoms with Crippen LogP contribution in [0, 0.1) is 27.7 Å².